The van der Waals surface area contributed by atoms with Crippen molar-refractivity contribution in [3.63, 3.8) is 0 Å². The molecule has 0 aliphatic carbocycles. The van der Waals surface area contributed by atoms with Crippen molar-refractivity contribution in [1.82, 2.24) is 14.8 Å². The number of benzene rings is 1. The van der Waals surface area contributed by atoms with E-state index in [2.05, 4.69) is 10.1 Å². The summed E-state index contributed by atoms with van der Waals surface area (Å²) in [6, 6.07) is 6.88. The lowest BCUT2D eigenvalue weighted by Crippen LogP contribution is -2.15. The minimum atomic E-state index is -0.322. The zero-order valence-electron chi connectivity index (χ0n) is 7.77. The molecule has 6 heteroatoms. The van der Waals surface area contributed by atoms with Crippen molar-refractivity contribution < 1.29 is 0 Å². The Morgan fingerprint density at radius 2 is 2.33 bits per heavy atom. The second-order valence-corrected chi connectivity index (χ2v) is 3.41. The summed E-state index contributed by atoms with van der Waals surface area (Å²) in [6.45, 7) is 0.197. The summed E-state index contributed by atoms with van der Waals surface area (Å²) >= 11 is 5.81. The third-order valence-corrected chi connectivity index (χ3v) is 2.15. The topological polar surface area (TPSA) is 76.7 Å². The first-order valence-corrected chi connectivity index (χ1v) is 4.73. The molecule has 1 aromatic heterocycles. The summed E-state index contributed by atoms with van der Waals surface area (Å²) < 4.78 is 1.23. The maximum atomic E-state index is 11.5. The zero-order chi connectivity index (χ0) is 10.8. The first kappa shape index (κ1) is 9.95. The van der Waals surface area contributed by atoms with Crippen LogP contribution >= 0.6 is 11.6 Å². The Hall–Kier alpha value is -1.59. The highest BCUT2D eigenvalue weighted by Crippen LogP contribution is 2.12. The molecule has 15 heavy (non-hydrogen) atoms. The van der Waals surface area contributed by atoms with Gasteiger partial charge in [-0.3, -0.25) is 4.98 Å². The molecule has 0 spiro atoms. The van der Waals surface area contributed by atoms with Crippen molar-refractivity contribution in [3.8, 4) is 5.69 Å². The highest BCUT2D eigenvalue weighted by Gasteiger charge is 2.05. The molecule has 2 rings (SSSR count). The van der Waals surface area contributed by atoms with Gasteiger partial charge in [-0.05, 0) is 18.2 Å². The molecular weight excluding hydrogens is 216 g/mol. The Labute approximate surface area is 90.5 Å². The van der Waals surface area contributed by atoms with Crippen LogP contribution in [0.1, 0.15) is 5.82 Å². The average Bonchev–Trinajstić information content (AvgIpc) is 2.60. The molecule has 0 aliphatic rings. The van der Waals surface area contributed by atoms with Gasteiger partial charge in [0.2, 0.25) is 0 Å². The summed E-state index contributed by atoms with van der Waals surface area (Å²) in [4.78, 5) is 14.0. The van der Waals surface area contributed by atoms with Crippen LogP contribution in [0.2, 0.25) is 5.02 Å². The van der Waals surface area contributed by atoms with Gasteiger partial charge in [0.1, 0.15) is 5.82 Å². The van der Waals surface area contributed by atoms with Gasteiger partial charge < -0.3 is 5.73 Å². The van der Waals surface area contributed by atoms with E-state index in [9.17, 15) is 4.79 Å². The Morgan fingerprint density at radius 3 is 2.93 bits per heavy atom. The molecule has 1 aromatic carbocycles. The normalized spacial score (nSPS) is 10.5. The number of hydrogen-bond donors (Lipinski definition) is 2. The van der Waals surface area contributed by atoms with Gasteiger partial charge in [-0.25, -0.2) is 4.79 Å². The van der Waals surface area contributed by atoms with Gasteiger partial charge in [0.05, 0.1) is 12.2 Å². The average molecular weight is 225 g/mol. The Bertz CT molecular complexity index is 531. The first-order chi connectivity index (χ1) is 7.20. The van der Waals surface area contributed by atoms with E-state index in [1.54, 1.807) is 24.3 Å². The minimum absolute atomic E-state index is 0.197. The van der Waals surface area contributed by atoms with Crippen molar-refractivity contribution in [3.05, 3.63) is 45.6 Å². The summed E-state index contributed by atoms with van der Waals surface area (Å²) in [5.74, 6) is 0.444. The predicted octanol–water partition coefficient (Wildman–Crippen LogP) is 0.673. The highest BCUT2D eigenvalue weighted by atomic mass is 35.5. The molecular formula is C9H9ClN4O. The van der Waals surface area contributed by atoms with Gasteiger partial charge in [-0.1, -0.05) is 17.7 Å². The van der Waals surface area contributed by atoms with Crippen LogP contribution in [0.3, 0.4) is 0 Å². The van der Waals surface area contributed by atoms with Crippen LogP contribution in [0.5, 0.6) is 0 Å². The van der Waals surface area contributed by atoms with Crippen LogP contribution in [0.25, 0.3) is 5.69 Å². The van der Waals surface area contributed by atoms with Gasteiger partial charge in [0.15, 0.2) is 0 Å². The fourth-order valence-corrected chi connectivity index (χ4v) is 1.43. The van der Waals surface area contributed by atoms with E-state index in [0.29, 0.717) is 16.5 Å². The molecule has 78 valence electrons. The Balaban J connectivity index is 2.54. The van der Waals surface area contributed by atoms with Crippen LogP contribution in [0, 0.1) is 0 Å². The first-order valence-electron chi connectivity index (χ1n) is 4.35. The number of nitrogens with two attached hydrogens (primary N) is 1. The van der Waals surface area contributed by atoms with E-state index in [0.717, 1.165) is 0 Å². The Kier molecular flexibility index (Phi) is 2.57. The van der Waals surface area contributed by atoms with Gasteiger partial charge in [-0.15, -0.1) is 5.10 Å². The number of hydrogen-bond acceptors (Lipinski definition) is 3. The zero-order valence-corrected chi connectivity index (χ0v) is 8.53. The smallest absolute Gasteiger partial charge is 0.324 e. The number of nitrogens with zero attached hydrogens (tertiary/aromatic N) is 2. The highest BCUT2D eigenvalue weighted by molar-refractivity contribution is 6.30. The lowest BCUT2D eigenvalue weighted by atomic mass is 10.3. The summed E-state index contributed by atoms with van der Waals surface area (Å²) in [7, 11) is 0. The third-order valence-electron chi connectivity index (χ3n) is 1.91. The minimum Gasteiger partial charge on any atom is -0.324 e. The lowest BCUT2D eigenvalue weighted by Gasteiger charge is -1.98. The largest absolute Gasteiger partial charge is 0.348 e. The predicted molar refractivity (Wildman–Crippen MR) is 57.1 cm³/mol. The SMILES string of the molecule is NCc1nn(-c2cccc(Cl)c2)c(=O)[nH]1. The molecule has 0 unspecified atom stereocenters. The van der Waals surface area contributed by atoms with E-state index in [1.807, 2.05) is 0 Å². The summed E-state index contributed by atoms with van der Waals surface area (Å²) in [5.41, 5.74) is 5.66. The molecule has 0 saturated carbocycles. The number of rotatable bonds is 2. The summed E-state index contributed by atoms with van der Waals surface area (Å²) in [5, 5.41) is 4.56. The van der Waals surface area contributed by atoms with E-state index in [1.165, 1.54) is 4.68 Å². The van der Waals surface area contributed by atoms with Crippen molar-refractivity contribution in [1.29, 1.82) is 0 Å². The Morgan fingerprint density at radius 1 is 1.53 bits per heavy atom. The van der Waals surface area contributed by atoms with Crippen LogP contribution in [-0.2, 0) is 6.54 Å². The second-order valence-electron chi connectivity index (χ2n) is 2.97. The number of aromatic amines is 1. The summed E-state index contributed by atoms with van der Waals surface area (Å²) in [6.07, 6.45) is 0. The third kappa shape index (κ3) is 1.93. The van der Waals surface area contributed by atoms with Crippen molar-refractivity contribution in [2.75, 3.05) is 0 Å². The van der Waals surface area contributed by atoms with E-state index < -0.39 is 0 Å². The van der Waals surface area contributed by atoms with Gasteiger partial charge in [0.25, 0.3) is 0 Å². The molecule has 0 bridgehead atoms. The van der Waals surface area contributed by atoms with Crippen LogP contribution in [0.15, 0.2) is 29.1 Å². The molecule has 5 nitrogen and oxygen atoms in total. The maximum Gasteiger partial charge on any atom is 0.348 e. The number of nitrogens with one attached hydrogen (secondary N) is 1. The van der Waals surface area contributed by atoms with Gasteiger partial charge in [0, 0.05) is 5.02 Å². The van der Waals surface area contributed by atoms with Gasteiger partial charge in [-0.2, -0.15) is 4.68 Å². The maximum absolute atomic E-state index is 11.5. The fourth-order valence-electron chi connectivity index (χ4n) is 1.24. The van der Waals surface area contributed by atoms with Crippen LogP contribution in [0.4, 0.5) is 0 Å². The second kappa shape index (κ2) is 3.88. The van der Waals surface area contributed by atoms with Crippen molar-refractivity contribution in [2.24, 2.45) is 5.73 Å². The number of aromatic nitrogens is 3. The van der Waals surface area contributed by atoms with E-state index in [4.69, 9.17) is 17.3 Å². The monoisotopic (exact) mass is 224 g/mol. The molecule has 0 amide bonds. The standard InChI is InChI=1S/C9H9ClN4O/c10-6-2-1-3-7(4-6)14-9(15)12-8(5-11)13-14/h1-4H,5,11H2,(H,12,13,15). The van der Waals surface area contributed by atoms with Crippen molar-refractivity contribution in [2.45, 2.75) is 6.54 Å². The molecule has 0 saturated heterocycles. The van der Waals surface area contributed by atoms with E-state index >= 15 is 0 Å². The fraction of sp³-hybridized carbons (Fsp3) is 0.111. The molecule has 3 N–H and O–H groups in total. The van der Waals surface area contributed by atoms with E-state index in [-0.39, 0.29) is 12.2 Å². The molecule has 2 aromatic rings. The lowest BCUT2D eigenvalue weighted by molar-refractivity contribution is 0.813. The molecule has 1 heterocycles. The number of H-pyrrole nitrogens is 1. The molecule has 0 radical (unpaired) electrons. The molecule has 0 atom stereocenters. The van der Waals surface area contributed by atoms with Gasteiger partial charge >= 0.3 is 5.69 Å². The molecule has 0 aliphatic heterocycles. The van der Waals surface area contributed by atoms with Crippen LogP contribution < -0.4 is 11.4 Å². The quantitative estimate of drug-likeness (QED) is 0.787. The van der Waals surface area contributed by atoms with Crippen molar-refractivity contribution >= 4 is 11.6 Å². The molecule has 0 fully saturated rings. The number of halogens is 1. The van der Waals surface area contributed by atoms with Crippen LogP contribution in [-0.4, -0.2) is 14.8 Å².